The quantitative estimate of drug-likeness (QED) is 0.291. The molecule has 0 aliphatic carbocycles. The van der Waals surface area contributed by atoms with Crippen molar-refractivity contribution in [3.8, 4) is 5.75 Å². The van der Waals surface area contributed by atoms with Crippen molar-refractivity contribution in [3.05, 3.63) is 53.6 Å². The first-order valence-electron chi connectivity index (χ1n) is 11.1. The van der Waals surface area contributed by atoms with Crippen molar-refractivity contribution in [2.75, 3.05) is 6.23 Å². The molecule has 2 aromatic rings. The lowest BCUT2D eigenvalue weighted by Crippen LogP contribution is -2.52. The lowest BCUT2D eigenvalue weighted by Gasteiger charge is -2.30. The molecular formula is C25H38OSSi. The molecule has 0 saturated carbocycles. The van der Waals surface area contributed by atoms with Gasteiger partial charge in [-0.1, -0.05) is 88.1 Å². The Labute approximate surface area is 179 Å². The van der Waals surface area contributed by atoms with Crippen LogP contribution in [0.25, 0.3) is 0 Å². The predicted molar refractivity (Wildman–Crippen MR) is 129 cm³/mol. The molecule has 0 spiro atoms. The minimum absolute atomic E-state index is 0.858. The molecule has 0 aliphatic rings. The minimum Gasteiger partial charge on any atom is -0.497 e. The highest BCUT2D eigenvalue weighted by Crippen LogP contribution is 2.29. The lowest BCUT2D eigenvalue weighted by molar-refractivity contribution is 0.375. The maximum absolute atomic E-state index is 6.53. The van der Waals surface area contributed by atoms with Crippen LogP contribution in [-0.4, -0.2) is 14.3 Å². The third kappa shape index (κ3) is 5.90. The van der Waals surface area contributed by atoms with Crippen molar-refractivity contribution in [2.45, 2.75) is 83.2 Å². The smallest absolute Gasteiger partial charge is 0.129 e. The maximum atomic E-state index is 6.53. The van der Waals surface area contributed by atoms with Gasteiger partial charge in [-0.15, -0.1) is 12.6 Å². The van der Waals surface area contributed by atoms with Gasteiger partial charge in [-0.25, -0.2) is 0 Å². The lowest BCUT2D eigenvalue weighted by atomic mass is 10.0. The first kappa shape index (κ1) is 23.1. The molecule has 0 fully saturated rings. The van der Waals surface area contributed by atoms with E-state index in [4.69, 9.17) is 17.4 Å². The summed E-state index contributed by atoms with van der Waals surface area (Å²) in [5, 5.41) is 1.52. The average Bonchev–Trinajstić information content (AvgIpc) is 2.74. The number of benzene rings is 2. The predicted octanol–water partition coefficient (Wildman–Crippen LogP) is 6.97. The number of rotatable bonds is 12. The van der Waals surface area contributed by atoms with Crippen molar-refractivity contribution in [1.29, 1.82) is 0 Å². The fourth-order valence-corrected chi connectivity index (χ4v) is 7.47. The molecule has 2 rings (SSSR count). The van der Waals surface area contributed by atoms with Crippen molar-refractivity contribution in [3.63, 3.8) is 0 Å². The number of thiol groups is 1. The Kier molecular flexibility index (Phi) is 9.67. The second-order valence-corrected chi connectivity index (χ2v) is 13.2. The topological polar surface area (TPSA) is 9.23 Å². The summed E-state index contributed by atoms with van der Waals surface area (Å²) in [4.78, 5) is 1.19. The Morgan fingerprint density at radius 2 is 1.36 bits per heavy atom. The standard InChI is InChI=1S/C25H38OSSi/c1-5-9-14-21-18-23(19-22(25(21)27)15-10-6-2)26-20-28(7-3,8-4)24-16-12-11-13-17-24/h11-13,16-19,27H,5-10,14-15,20H2,1-4H3. The monoisotopic (exact) mass is 414 g/mol. The summed E-state index contributed by atoms with van der Waals surface area (Å²) in [5.41, 5.74) is 2.71. The van der Waals surface area contributed by atoms with Gasteiger partial charge in [0.05, 0.1) is 6.23 Å². The van der Waals surface area contributed by atoms with Crippen molar-refractivity contribution >= 4 is 25.9 Å². The van der Waals surface area contributed by atoms with E-state index in [1.54, 1.807) is 0 Å². The molecule has 0 atom stereocenters. The van der Waals surface area contributed by atoms with Gasteiger partial charge in [-0.2, -0.15) is 0 Å². The fraction of sp³-hybridized carbons (Fsp3) is 0.520. The first-order chi connectivity index (χ1) is 13.6. The van der Waals surface area contributed by atoms with Crippen LogP contribution >= 0.6 is 12.6 Å². The third-order valence-electron chi connectivity index (χ3n) is 6.10. The molecule has 28 heavy (non-hydrogen) atoms. The Balaban J connectivity index is 2.27. The molecule has 0 saturated heterocycles. The van der Waals surface area contributed by atoms with Crippen LogP contribution in [0.2, 0.25) is 12.1 Å². The van der Waals surface area contributed by atoms with E-state index in [1.807, 2.05) is 0 Å². The van der Waals surface area contributed by atoms with E-state index in [2.05, 4.69) is 70.2 Å². The summed E-state index contributed by atoms with van der Waals surface area (Å²) < 4.78 is 6.53. The van der Waals surface area contributed by atoms with Crippen LogP contribution in [0.3, 0.4) is 0 Å². The van der Waals surface area contributed by atoms with Crippen LogP contribution in [0.5, 0.6) is 5.75 Å². The first-order valence-corrected chi connectivity index (χ1v) is 14.2. The molecule has 1 nitrogen and oxygen atoms in total. The third-order valence-corrected chi connectivity index (χ3v) is 11.6. The van der Waals surface area contributed by atoms with Crippen LogP contribution in [0, 0.1) is 0 Å². The molecular weight excluding hydrogens is 376 g/mol. The number of unbranched alkanes of at least 4 members (excludes halogenated alkanes) is 2. The minimum atomic E-state index is -1.64. The Morgan fingerprint density at radius 3 is 1.82 bits per heavy atom. The van der Waals surface area contributed by atoms with Crippen LogP contribution in [0.1, 0.15) is 64.5 Å². The molecule has 0 radical (unpaired) electrons. The van der Waals surface area contributed by atoms with Gasteiger partial charge in [-0.05, 0) is 48.9 Å². The Bertz CT molecular complexity index is 681. The molecule has 0 aromatic heterocycles. The van der Waals surface area contributed by atoms with Crippen LogP contribution < -0.4 is 9.92 Å². The SMILES string of the molecule is CCCCc1cc(OC[Si](CC)(CC)c2ccccc2)cc(CCCC)c1S. The van der Waals surface area contributed by atoms with Gasteiger partial charge in [0.25, 0.3) is 0 Å². The van der Waals surface area contributed by atoms with Gasteiger partial charge < -0.3 is 4.74 Å². The molecule has 0 bridgehead atoms. The van der Waals surface area contributed by atoms with Gasteiger partial charge in [0, 0.05) is 4.90 Å². The normalized spacial score (nSPS) is 11.6. The van der Waals surface area contributed by atoms with Gasteiger partial charge in [0.1, 0.15) is 13.8 Å². The van der Waals surface area contributed by atoms with Crippen LogP contribution in [-0.2, 0) is 12.8 Å². The van der Waals surface area contributed by atoms with E-state index >= 15 is 0 Å². The fourth-order valence-electron chi connectivity index (χ4n) is 3.89. The van der Waals surface area contributed by atoms with Crippen molar-refractivity contribution in [1.82, 2.24) is 0 Å². The van der Waals surface area contributed by atoms with Crippen LogP contribution in [0.4, 0.5) is 0 Å². The highest BCUT2D eigenvalue weighted by atomic mass is 32.1. The number of aryl methyl sites for hydroxylation is 2. The van der Waals surface area contributed by atoms with E-state index in [0.29, 0.717) is 0 Å². The van der Waals surface area contributed by atoms with E-state index < -0.39 is 8.07 Å². The zero-order valence-corrected chi connectivity index (χ0v) is 20.2. The summed E-state index contributed by atoms with van der Waals surface area (Å²) in [7, 11) is -1.64. The molecule has 154 valence electrons. The van der Waals surface area contributed by atoms with E-state index in [1.165, 1.54) is 59.0 Å². The summed E-state index contributed by atoms with van der Waals surface area (Å²) in [6.07, 6.45) is 7.86. The highest BCUT2D eigenvalue weighted by Gasteiger charge is 2.32. The molecule has 2 aromatic carbocycles. The highest BCUT2D eigenvalue weighted by molar-refractivity contribution is 7.80. The van der Waals surface area contributed by atoms with E-state index in [-0.39, 0.29) is 0 Å². The summed E-state index contributed by atoms with van der Waals surface area (Å²) >= 11 is 4.88. The molecule has 0 aliphatic heterocycles. The Hall–Kier alpha value is -1.19. The molecule has 0 N–H and O–H groups in total. The zero-order chi connectivity index (χ0) is 20.4. The van der Waals surface area contributed by atoms with Gasteiger partial charge in [0.15, 0.2) is 0 Å². The molecule has 3 heteroatoms. The average molecular weight is 415 g/mol. The summed E-state index contributed by atoms with van der Waals surface area (Å²) in [6.45, 7) is 9.17. The van der Waals surface area contributed by atoms with Crippen LogP contribution in [0.15, 0.2) is 47.4 Å². The van der Waals surface area contributed by atoms with Gasteiger partial charge in [-0.3, -0.25) is 0 Å². The zero-order valence-electron chi connectivity index (χ0n) is 18.3. The maximum Gasteiger partial charge on any atom is 0.129 e. The number of hydrogen-bond donors (Lipinski definition) is 1. The van der Waals surface area contributed by atoms with Gasteiger partial charge >= 0.3 is 0 Å². The van der Waals surface area contributed by atoms with Gasteiger partial charge in [0.2, 0.25) is 0 Å². The largest absolute Gasteiger partial charge is 0.497 e. The second-order valence-electron chi connectivity index (χ2n) is 7.94. The number of hydrogen-bond acceptors (Lipinski definition) is 2. The van der Waals surface area contributed by atoms with Crippen molar-refractivity contribution < 1.29 is 4.74 Å². The van der Waals surface area contributed by atoms with E-state index in [0.717, 1.165) is 24.8 Å². The van der Waals surface area contributed by atoms with E-state index in [9.17, 15) is 0 Å². The summed E-state index contributed by atoms with van der Waals surface area (Å²) in [6, 6.07) is 18.0. The Morgan fingerprint density at radius 1 is 0.821 bits per heavy atom. The second kappa shape index (κ2) is 11.7. The summed E-state index contributed by atoms with van der Waals surface area (Å²) in [5.74, 6) is 1.05. The molecule has 0 unspecified atom stereocenters. The number of ether oxygens (including phenoxy) is 1. The van der Waals surface area contributed by atoms with Crippen molar-refractivity contribution in [2.24, 2.45) is 0 Å². The molecule has 0 heterocycles. The molecule has 0 amide bonds.